The first-order valence-corrected chi connectivity index (χ1v) is 9.07. The molecule has 2 aromatic carbocycles. The van der Waals surface area contributed by atoms with Crippen LogP contribution in [-0.4, -0.2) is 26.8 Å². The van der Waals surface area contributed by atoms with Crippen molar-refractivity contribution in [3.63, 3.8) is 0 Å². The van der Waals surface area contributed by atoms with Crippen LogP contribution in [0.25, 0.3) is 11.4 Å². The van der Waals surface area contributed by atoms with E-state index in [2.05, 4.69) is 20.5 Å². The van der Waals surface area contributed by atoms with Crippen molar-refractivity contribution in [1.29, 1.82) is 0 Å². The van der Waals surface area contributed by atoms with Gasteiger partial charge in [-0.2, -0.15) is 13.2 Å². The first kappa shape index (κ1) is 20.2. The van der Waals surface area contributed by atoms with Gasteiger partial charge >= 0.3 is 6.18 Å². The first-order chi connectivity index (χ1) is 13.2. The SMILES string of the molecule is O=C(CSc1n[nH]c(-c2ccccc2F)n1)Nc1ccc(Cl)c(C(F)(F)F)c1. The third-order valence-electron chi connectivity index (χ3n) is 3.48. The molecule has 0 saturated heterocycles. The zero-order chi connectivity index (χ0) is 20.3. The number of H-pyrrole nitrogens is 1. The van der Waals surface area contributed by atoms with E-state index in [1.165, 1.54) is 24.3 Å². The van der Waals surface area contributed by atoms with E-state index < -0.39 is 28.5 Å². The topological polar surface area (TPSA) is 70.7 Å². The molecule has 0 bridgehead atoms. The predicted octanol–water partition coefficient (Wildman–Crippen LogP) is 5.01. The first-order valence-electron chi connectivity index (χ1n) is 7.71. The Morgan fingerprint density at radius 1 is 1.21 bits per heavy atom. The molecular formula is C17H11ClF4N4OS. The number of hydrogen-bond acceptors (Lipinski definition) is 4. The van der Waals surface area contributed by atoms with Crippen LogP contribution in [0.1, 0.15) is 5.56 Å². The number of anilines is 1. The molecule has 146 valence electrons. The fourth-order valence-corrected chi connectivity index (χ4v) is 3.06. The third kappa shape index (κ3) is 4.82. The number of hydrogen-bond donors (Lipinski definition) is 2. The normalized spacial score (nSPS) is 11.5. The molecule has 11 heteroatoms. The van der Waals surface area contributed by atoms with Crippen LogP contribution in [0.15, 0.2) is 47.6 Å². The van der Waals surface area contributed by atoms with Gasteiger partial charge in [0, 0.05) is 5.69 Å². The van der Waals surface area contributed by atoms with Gasteiger partial charge in [0.25, 0.3) is 0 Å². The number of nitrogens with one attached hydrogen (secondary N) is 2. The number of alkyl halides is 3. The molecule has 0 unspecified atom stereocenters. The van der Waals surface area contributed by atoms with Crippen molar-refractivity contribution in [3.8, 4) is 11.4 Å². The highest BCUT2D eigenvalue weighted by atomic mass is 35.5. The van der Waals surface area contributed by atoms with E-state index in [9.17, 15) is 22.4 Å². The number of nitrogens with zero attached hydrogens (tertiary/aromatic N) is 2. The van der Waals surface area contributed by atoms with Gasteiger partial charge in [0.1, 0.15) is 5.82 Å². The minimum Gasteiger partial charge on any atom is -0.325 e. The lowest BCUT2D eigenvalue weighted by Gasteiger charge is -2.11. The Kier molecular flexibility index (Phi) is 5.90. The number of rotatable bonds is 5. The van der Waals surface area contributed by atoms with Crippen molar-refractivity contribution in [3.05, 3.63) is 58.9 Å². The maximum Gasteiger partial charge on any atom is 0.417 e. The van der Waals surface area contributed by atoms with Crippen LogP contribution in [0.5, 0.6) is 0 Å². The summed E-state index contributed by atoms with van der Waals surface area (Å²) in [4.78, 5) is 16.1. The molecule has 1 heterocycles. The van der Waals surface area contributed by atoms with Crippen LogP contribution < -0.4 is 5.32 Å². The maximum atomic E-state index is 13.7. The van der Waals surface area contributed by atoms with Gasteiger partial charge in [0.2, 0.25) is 11.1 Å². The molecule has 0 spiro atoms. The maximum absolute atomic E-state index is 13.7. The Hall–Kier alpha value is -2.59. The second-order valence-corrected chi connectivity index (χ2v) is 6.83. The van der Waals surface area contributed by atoms with Crippen LogP contribution in [0.2, 0.25) is 5.02 Å². The Morgan fingerprint density at radius 2 is 1.96 bits per heavy atom. The summed E-state index contributed by atoms with van der Waals surface area (Å²) in [5, 5.41) is 8.55. The summed E-state index contributed by atoms with van der Waals surface area (Å²) in [5.41, 5.74) is -0.848. The van der Waals surface area contributed by atoms with Crippen LogP contribution in [0, 0.1) is 5.82 Å². The van der Waals surface area contributed by atoms with Gasteiger partial charge in [-0.05, 0) is 30.3 Å². The zero-order valence-electron chi connectivity index (χ0n) is 13.8. The van der Waals surface area contributed by atoms with E-state index in [0.717, 1.165) is 23.9 Å². The summed E-state index contributed by atoms with van der Waals surface area (Å²) in [6.45, 7) is 0. The lowest BCUT2D eigenvalue weighted by Crippen LogP contribution is -2.15. The van der Waals surface area contributed by atoms with Crippen LogP contribution >= 0.6 is 23.4 Å². The molecule has 28 heavy (non-hydrogen) atoms. The highest BCUT2D eigenvalue weighted by Gasteiger charge is 2.33. The van der Waals surface area contributed by atoms with E-state index in [0.29, 0.717) is 0 Å². The van der Waals surface area contributed by atoms with Gasteiger partial charge in [0.15, 0.2) is 5.82 Å². The Balaban J connectivity index is 1.62. The van der Waals surface area contributed by atoms with Crippen molar-refractivity contribution in [2.75, 3.05) is 11.1 Å². The molecule has 1 aromatic heterocycles. The summed E-state index contributed by atoms with van der Waals surface area (Å²) >= 11 is 6.48. The molecule has 5 nitrogen and oxygen atoms in total. The van der Waals surface area contributed by atoms with Gasteiger partial charge in [-0.3, -0.25) is 9.89 Å². The van der Waals surface area contributed by atoms with E-state index in [-0.39, 0.29) is 28.0 Å². The summed E-state index contributed by atoms with van der Waals surface area (Å²) in [6.07, 6.45) is -4.63. The molecule has 0 aliphatic rings. The molecule has 2 N–H and O–H groups in total. The quantitative estimate of drug-likeness (QED) is 0.441. The predicted molar refractivity (Wildman–Crippen MR) is 97.6 cm³/mol. The Bertz CT molecular complexity index is 1010. The lowest BCUT2D eigenvalue weighted by atomic mass is 10.2. The molecule has 0 atom stereocenters. The molecule has 0 aliphatic heterocycles. The lowest BCUT2D eigenvalue weighted by molar-refractivity contribution is -0.137. The molecule has 0 aliphatic carbocycles. The van der Waals surface area contributed by atoms with E-state index in [1.807, 2.05) is 0 Å². The second kappa shape index (κ2) is 8.19. The third-order valence-corrected chi connectivity index (χ3v) is 4.66. The number of aromatic amines is 1. The molecule has 0 saturated carbocycles. The van der Waals surface area contributed by atoms with Gasteiger partial charge < -0.3 is 5.32 Å². The fourth-order valence-electron chi connectivity index (χ4n) is 2.23. The number of thioether (sulfide) groups is 1. The van der Waals surface area contributed by atoms with Crippen molar-refractivity contribution in [2.24, 2.45) is 0 Å². The highest BCUT2D eigenvalue weighted by molar-refractivity contribution is 7.99. The highest BCUT2D eigenvalue weighted by Crippen LogP contribution is 2.36. The van der Waals surface area contributed by atoms with Crippen molar-refractivity contribution < 1.29 is 22.4 Å². The number of benzene rings is 2. The van der Waals surface area contributed by atoms with Gasteiger partial charge in [0.05, 0.1) is 21.9 Å². The molecular weight excluding hydrogens is 420 g/mol. The standard InChI is InChI=1S/C17H11ClF4N4OS/c18-12-6-5-9(7-11(12)17(20,21)22)23-14(27)8-28-16-24-15(25-26-16)10-3-1-2-4-13(10)19/h1-7H,8H2,(H,23,27)(H,24,25,26). The van der Waals surface area contributed by atoms with Gasteiger partial charge in [-0.1, -0.05) is 35.5 Å². The van der Waals surface area contributed by atoms with Crippen molar-refractivity contribution >= 4 is 35.0 Å². The molecule has 1 amide bonds. The summed E-state index contributed by atoms with van der Waals surface area (Å²) in [7, 11) is 0. The fraction of sp³-hybridized carbons (Fsp3) is 0.118. The smallest absolute Gasteiger partial charge is 0.325 e. The summed E-state index contributed by atoms with van der Waals surface area (Å²) in [6, 6.07) is 9.06. The number of carbonyl (C=O) groups excluding carboxylic acids is 1. The number of carbonyl (C=O) groups is 1. The van der Waals surface area contributed by atoms with Gasteiger partial charge in [-0.15, -0.1) is 5.10 Å². The number of halogens is 5. The van der Waals surface area contributed by atoms with Crippen molar-refractivity contribution in [2.45, 2.75) is 11.3 Å². The largest absolute Gasteiger partial charge is 0.417 e. The monoisotopic (exact) mass is 430 g/mol. The minimum absolute atomic E-state index is 0.0376. The second-order valence-electron chi connectivity index (χ2n) is 5.48. The average Bonchev–Trinajstić information content (AvgIpc) is 3.10. The Labute approximate surface area is 165 Å². The van der Waals surface area contributed by atoms with Crippen LogP contribution in [-0.2, 0) is 11.0 Å². The summed E-state index contributed by atoms with van der Waals surface area (Å²) < 4.78 is 52.3. The van der Waals surface area contributed by atoms with E-state index in [1.54, 1.807) is 6.07 Å². The molecule has 3 rings (SSSR count). The van der Waals surface area contributed by atoms with E-state index in [4.69, 9.17) is 11.6 Å². The minimum atomic E-state index is -4.63. The molecule has 0 radical (unpaired) electrons. The number of aromatic nitrogens is 3. The van der Waals surface area contributed by atoms with Crippen LogP contribution in [0.3, 0.4) is 0 Å². The zero-order valence-corrected chi connectivity index (χ0v) is 15.4. The molecule has 0 fully saturated rings. The Morgan fingerprint density at radius 3 is 2.68 bits per heavy atom. The molecule has 3 aromatic rings. The summed E-state index contributed by atoms with van der Waals surface area (Å²) in [5.74, 6) is -0.985. The van der Waals surface area contributed by atoms with E-state index >= 15 is 0 Å². The van der Waals surface area contributed by atoms with Crippen molar-refractivity contribution in [1.82, 2.24) is 15.2 Å². The van der Waals surface area contributed by atoms with Gasteiger partial charge in [-0.25, -0.2) is 9.37 Å². The number of amides is 1. The average molecular weight is 431 g/mol. The van der Waals surface area contributed by atoms with Crippen LogP contribution in [0.4, 0.5) is 23.2 Å².